The molecule has 0 aliphatic carbocycles. The molecule has 0 radical (unpaired) electrons. The minimum atomic E-state index is -3.71. The van der Waals surface area contributed by atoms with Crippen LogP contribution >= 0.6 is 0 Å². The van der Waals surface area contributed by atoms with Crippen molar-refractivity contribution in [1.82, 2.24) is 14.3 Å². The standard InChI is InChI=1S/C16H15N5O4S/c1-21(2)26(22,23)14-6-5-13(24-14)16-20-12(8-17)15(25-16)19-10-11-4-3-7-18-9-11/h3-7,9,19H,10H2,1-2H3. The smallest absolute Gasteiger partial charge is 0.275 e. The number of aromatic nitrogens is 2. The molecule has 26 heavy (non-hydrogen) atoms. The highest BCUT2D eigenvalue weighted by Gasteiger charge is 2.24. The maximum absolute atomic E-state index is 12.1. The van der Waals surface area contributed by atoms with Crippen LogP contribution in [0.2, 0.25) is 0 Å². The first-order valence-electron chi connectivity index (χ1n) is 7.48. The monoisotopic (exact) mass is 373 g/mol. The van der Waals surface area contributed by atoms with Crippen LogP contribution < -0.4 is 5.32 Å². The van der Waals surface area contributed by atoms with Gasteiger partial charge in [-0.15, -0.1) is 0 Å². The van der Waals surface area contributed by atoms with Crippen molar-refractivity contribution >= 4 is 15.9 Å². The first-order chi connectivity index (χ1) is 12.4. The summed E-state index contributed by atoms with van der Waals surface area (Å²) in [6.45, 7) is 0.384. The summed E-state index contributed by atoms with van der Waals surface area (Å²) in [5.41, 5.74) is 0.934. The molecule has 0 aliphatic heterocycles. The number of furan rings is 1. The lowest BCUT2D eigenvalue weighted by atomic mass is 10.3. The molecule has 3 rings (SSSR count). The Kier molecular flexibility index (Phi) is 4.75. The molecule has 0 bridgehead atoms. The molecular weight excluding hydrogens is 358 g/mol. The van der Waals surface area contributed by atoms with Crippen LogP contribution in [0.4, 0.5) is 5.88 Å². The molecule has 0 saturated carbocycles. The van der Waals surface area contributed by atoms with Crippen molar-refractivity contribution < 1.29 is 17.3 Å². The molecule has 0 saturated heterocycles. The van der Waals surface area contributed by atoms with Crippen molar-refractivity contribution in [2.45, 2.75) is 11.6 Å². The third-order valence-electron chi connectivity index (χ3n) is 3.44. The van der Waals surface area contributed by atoms with Crippen molar-refractivity contribution in [2.24, 2.45) is 0 Å². The zero-order valence-corrected chi connectivity index (χ0v) is 14.8. The van der Waals surface area contributed by atoms with Crippen LogP contribution in [0.1, 0.15) is 11.3 Å². The molecule has 3 aromatic rings. The van der Waals surface area contributed by atoms with Crippen LogP contribution in [0, 0.1) is 11.3 Å². The van der Waals surface area contributed by atoms with E-state index in [1.165, 1.54) is 26.2 Å². The van der Waals surface area contributed by atoms with Gasteiger partial charge in [-0.05, 0) is 23.8 Å². The Balaban J connectivity index is 1.85. The number of nitriles is 1. The molecule has 0 spiro atoms. The molecule has 10 heteroatoms. The number of sulfonamides is 1. The van der Waals surface area contributed by atoms with E-state index in [1.54, 1.807) is 18.5 Å². The van der Waals surface area contributed by atoms with Gasteiger partial charge in [-0.3, -0.25) is 4.98 Å². The number of anilines is 1. The minimum absolute atomic E-state index is 0.00967. The Morgan fingerprint density at radius 3 is 2.73 bits per heavy atom. The predicted octanol–water partition coefficient (Wildman–Crippen LogP) is 2.06. The first-order valence-corrected chi connectivity index (χ1v) is 8.92. The number of rotatable bonds is 6. The van der Waals surface area contributed by atoms with Gasteiger partial charge in [0.1, 0.15) is 6.07 Å². The molecule has 3 heterocycles. The fraction of sp³-hybridized carbons (Fsp3) is 0.188. The van der Waals surface area contributed by atoms with Crippen LogP contribution in [0.15, 0.2) is 50.6 Å². The van der Waals surface area contributed by atoms with Crippen molar-refractivity contribution in [1.29, 1.82) is 5.26 Å². The molecule has 0 fully saturated rings. The predicted molar refractivity (Wildman–Crippen MR) is 91.4 cm³/mol. The summed E-state index contributed by atoms with van der Waals surface area (Å²) in [5, 5.41) is 12.0. The molecule has 9 nitrogen and oxygen atoms in total. The third kappa shape index (κ3) is 3.44. The second-order valence-corrected chi connectivity index (χ2v) is 7.51. The van der Waals surface area contributed by atoms with Crippen LogP contribution in [0.25, 0.3) is 11.7 Å². The van der Waals surface area contributed by atoms with Crippen LogP contribution in [0.5, 0.6) is 0 Å². The average Bonchev–Trinajstić information content (AvgIpc) is 3.27. The van der Waals surface area contributed by atoms with Gasteiger partial charge in [-0.25, -0.2) is 12.7 Å². The summed E-state index contributed by atoms with van der Waals surface area (Å²) in [6.07, 6.45) is 3.34. The van der Waals surface area contributed by atoms with Gasteiger partial charge >= 0.3 is 0 Å². The summed E-state index contributed by atoms with van der Waals surface area (Å²) < 4.78 is 36.1. The van der Waals surface area contributed by atoms with E-state index in [2.05, 4.69) is 15.3 Å². The van der Waals surface area contributed by atoms with Crippen molar-refractivity contribution in [3.05, 3.63) is 47.9 Å². The van der Waals surface area contributed by atoms with Crippen molar-refractivity contribution in [2.75, 3.05) is 19.4 Å². The van der Waals surface area contributed by atoms with Gasteiger partial charge in [-0.1, -0.05) is 6.07 Å². The molecule has 0 atom stereocenters. The zero-order valence-electron chi connectivity index (χ0n) is 14.0. The minimum Gasteiger partial charge on any atom is -0.438 e. The first kappa shape index (κ1) is 17.7. The fourth-order valence-electron chi connectivity index (χ4n) is 2.06. The molecule has 0 amide bonds. The molecule has 3 aromatic heterocycles. The lowest BCUT2D eigenvalue weighted by Crippen LogP contribution is -2.21. The normalized spacial score (nSPS) is 11.5. The fourth-order valence-corrected chi connectivity index (χ4v) is 2.85. The van der Waals surface area contributed by atoms with Gasteiger partial charge in [-0.2, -0.15) is 10.2 Å². The van der Waals surface area contributed by atoms with E-state index in [9.17, 15) is 13.7 Å². The van der Waals surface area contributed by atoms with Crippen molar-refractivity contribution in [3.63, 3.8) is 0 Å². The highest BCUT2D eigenvalue weighted by Crippen LogP contribution is 2.29. The topological polar surface area (TPSA) is 125 Å². The van der Waals surface area contributed by atoms with E-state index in [0.717, 1.165) is 9.87 Å². The number of nitrogens with zero attached hydrogens (tertiary/aromatic N) is 4. The van der Waals surface area contributed by atoms with Crippen LogP contribution in [-0.2, 0) is 16.6 Å². The van der Waals surface area contributed by atoms with E-state index < -0.39 is 10.0 Å². The van der Waals surface area contributed by atoms with E-state index in [0.29, 0.717) is 6.54 Å². The largest absolute Gasteiger partial charge is 0.438 e. The number of pyridine rings is 1. The quantitative estimate of drug-likeness (QED) is 0.696. The van der Waals surface area contributed by atoms with Gasteiger partial charge in [0, 0.05) is 33.0 Å². The summed E-state index contributed by atoms with van der Waals surface area (Å²) in [6, 6.07) is 8.32. The van der Waals surface area contributed by atoms with Gasteiger partial charge < -0.3 is 14.2 Å². The van der Waals surface area contributed by atoms with Crippen LogP contribution in [-0.4, -0.2) is 36.8 Å². The molecule has 134 valence electrons. The Labute approximate surface area is 149 Å². The number of nitrogens with one attached hydrogen (secondary N) is 1. The zero-order chi connectivity index (χ0) is 18.7. The highest BCUT2D eigenvalue weighted by molar-refractivity contribution is 7.88. The Morgan fingerprint density at radius 2 is 2.08 bits per heavy atom. The van der Waals surface area contributed by atoms with E-state index in [4.69, 9.17) is 8.83 Å². The second-order valence-electron chi connectivity index (χ2n) is 5.43. The number of oxazole rings is 1. The SMILES string of the molecule is CN(C)S(=O)(=O)c1ccc(-c2nc(C#N)c(NCc3cccnc3)o2)o1. The maximum atomic E-state index is 12.1. The number of hydrogen-bond acceptors (Lipinski definition) is 8. The van der Waals surface area contributed by atoms with Gasteiger partial charge in [0.15, 0.2) is 5.76 Å². The second kappa shape index (κ2) is 6.99. The van der Waals surface area contributed by atoms with Gasteiger partial charge in [0.05, 0.1) is 0 Å². The molecule has 1 N–H and O–H groups in total. The Morgan fingerprint density at radius 1 is 1.27 bits per heavy atom. The van der Waals surface area contributed by atoms with E-state index >= 15 is 0 Å². The Hall–Kier alpha value is -3.16. The molecular formula is C16H15N5O4S. The molecule has 0 unspecified atom stereocenters. The van der Waals surface area contributed by atoms with Crippen LogP contribution in [0.3, 0.4) is 0 Å². The average molecular weight is 373 g/mol. The summed E-state index contributed by atoms with van der Waals surface area (Å²) in [7, 11) is -0.910. The van der Waals surface area contributed by atoms with Gasteiger partial charge in [0.2, 0.25) is 16.7 Å². The van der Waals surface area contributed by atoms with Crippen molar-refractivity contribution in [3.8, 4) is 17.7 Å². The third-order valence-corrected chi connectivity index (χ3v) is 5.13. The lowest BCUT2D eigenvalue weighted by molar-refractivity contribution is 0.423. The number of hydrogen-bond donors (Lipinski definition) is 1. The van der Waals surface area contributed by atoms with E-state index in [1.807, 2.05) is 12.1 Å². The highest BCUT2D eigenvalue weighted by atomic mass is 32.2. The van der Waals surface area contributed by atoms with Gasteiger partial charge in [0.25, 0.3) is 15.9 Å². The molecule has 0 aromatic carbocycles. The van der Waals surface area contributed by atoms with E-state index in [-0.39, 0.29) is 28.3 Å². The Bertz CT molecular complexity index is 1050. The molecule has 0 aliphatic rings. The summed E-state index contributed by atoms with van der Waals surface area (Å²) in [5.74, 6) is 0.284. The lowest BCUT2D eigenvalue weighted by Gasteiger charge is -2.07. The summed E-state index contributed by atoms with van der Waals surface area (Å²) in [4.78, 5) is 8.05. The summed E-state index contributed by atoms with van der Waals surface area (Å²) >= 11 is 0. The maximum Gasteiger partial charge on any atom is 0.275 e.